The summed E-state index contributed by atoms with van der Waals surface area (Å²) in [5, 5.41) is 0. The van der Waals surface area contributed by atoms with Gasteiger partial charge < -0.3 is 16.4 Å². The molecule has 4 N–H and O–H groups in total. The molecule has 2 unspecified atom stereocenters. The number of amides is 1. The Labute approximate surface area is 127 Å². The van der Waals surface area contributed by atoms with Crippen LogP contribution in [0.15, 0.2) is 30.3 Å². The van der Waals surface area contributed by atoms with Crippen LogP contribution in [0, 0.1) is 5.92 Å². The average molecular weight is 289 g/mol. The second kappa shape index (κ2) is 8.15. The zero-order valence-electron chi connectivity index (χ0n) is 12.7. The number of carbonyl (C=O) groups is 1. The van der Waals surface area contributed by atoms with E-state index >= 15 is 0 Å². The van der Waals surface area contributed by atoms with Crippen molar-refractivity contribution in [1.29, 1.82) is 0 Å². The Bertz CT molecular complexity index is 435. The van der Waals surface area contributed by atoms with Gasteiger partial charge in [-0.3, -0.25) is 4.79 Å². The molecule has 1 aromatic rings. The summed E-state index contributed by atoms with van der Waals surface area (Å²) in [4.78, 5) is 14.7. The minimum Gasteiger partial charge on any atom is -0.338 e. The molecule has 1 aliphatic carbocycles. The van der Waals surface area contributed by atoms with Crippen LogP contribution in [-0.2, 0) is 11.3 Å². The quantitative estimate of drug-likeness (QED) is 0.840. The number of rotatable bonds is 6. The lowest BCUT2D eigenvalue weighted by Gasteiger charge is -2.31. The molecule has 0 aromatic heterocycles. The van der Waals surface area contributed by atoms with E-state index in [1.54, 1.807) is 0 Å². The molecule has 0 spiro atoms. The highest BCUT2D eigenvalue weighted by Crippen LogP contribution is 2.25. The molecule has 2 atom stereocenters. The Kier molecular flexibility index (Phi) is 6.21. The molecular weight excluding hydrogens is 262 g/mol. The molecule has 1 saturated carbocycles. The monoisotopic (exact) mass is 289 g/mol. The minimum atomic E-state index is 0.0928. The summed E-state index contributed by atoms with van der Waals surface area (Å²) in [5.41, 5.74) is 12.8. The van der Waals surface area contributed by atoms with Crippen LogP contribution in [-0.4, -0.2) is 29.9 Å². The van der Waals surface area contributed by atoms with E-state index in [-0.39, 0.29) is 17.9 Å². The van der Waals surface area contributed by atoms with Crippen molar-refractivity contribution >= 4 is 5.91 Å². The summed E-state index contributed by atoms with van der Waals surface area (Å²) in [6, 6.07) is 10.3. The molecule has 0 bridgehead atoms. The topological polar surface area (TPSA) is 72.3 Å². The summed E-state index contributed by atoms with van der Waals surface area (Å²) >= 11 is 0. The van der Waals surface area contributed by atoms with Crippen LogP contribution >= 0.6 is 0 Å². The van der Waals surface area contributed by atoms with E-state index in [1.807, 2.05) is 23.1 Å². The Morgan fingerprint density at radius 3 is 2.67 bits per heavy atom. The van der Waals surface area contributed by atoms with Crippen LogP contribution < -0.4 is 11.5 Å². The van der Waals surface area contributed by atoms with Gasteiger partial charge in [0.1, 0.15) is 0 Å². The molecule has 0 aliphatic heterocycles. The Morgan fingerprint density at radius 2 is 2.00 bits per heavy atom. The van der Waals surface area contributed by atoms with Crippen LogP contribution in [0.2, 0.25) is 0 Å². The van der Waals surface area contributed by atoms with Crippen molar-refractivity contribution in [3.05, 3.63) is 35.9 Å². The highest BCUT2D eigenvalue weighted by atomic mass is 16.2. The molecule has 2 rings (SSSR count). The summed E-state index contributed by atoms with van der Waals surface area (Å²) in [6.45, 7) is 2.02. The van der Waals surface area contributed by atoms with E-state index in [0.717, 1.165) is 38.6 Å². The predicted octanol–water partition coefficient (Wildman–Crippen LogP) is 1.88. The highest BCUT2D eigenvalue weighted by Gasteiger charge is 2.28. The number of hydrogen-bond donors (Lipinski definition) is 2. The minimum absolute atomic E-state index is 0.0928. The van der Waals surface area contributed by atoms with Gasteiger partial charge in [0.2, 0.25) is 5.91 Å². The summed E-state index contributed by atoms with van der Waals surface area (Å²) in [6.07, 6.45) is 4.75. The SMILES string of the molecule is NCCCN(Cc1ccccc1)C(=O)C1CCCC(N)C1. The van der Waals surface area contributed by atoms with Gasteiger partial charge in [0.25, 0.3) is 0 Å². The highest BCUT2D eigenvalue weighted by molar-refractivity contribution is 5.79. The van der Waals surface area contributed by atoms with Crippen LogP contribution in [0.25, 0.3) is 0 Å². The summed E-state index contributed by atoms with van der Waals surface area (Å²) < 4.78 is 0. The van der Waals surface area contributed by atoms with Gasteiger partial charge in [0.15, 0.2) is 0 Å². The van der Waals surface area contributed by atoms with Gasteiger partial charge in [0, 0.05) is 25.0 Å². The molecule has 116 valence electrons. The normalized spacial score (nSPS) is 22.0. The van der Waals surface area contributed by atoms with Crippen molar-refractivity contribution in [2.75, 3.05) is 13.1 Å². The number of carbonyl (C=O) groups excluding carboxylic acids is 1. The molecule has 1 aromatic carbocycles. The Morgan fingerprint density at radius 1 is 1.24 bits per heavy atom. The Balaban J connectivity index is 2.02. The van der Waals surface area contributed by atoms with Crippen molar-refractivity contribution in [1.82, 2.24) is 4.90 Å². The zero-order chi connectivity index (χ0) is 15.1. The summed E-state index contributed by atoms with van der Waals surface area (Å²) in [7, 11) is 0. The van der Waals surface area contributed by atoms with Crippen LogP contribution in [0.3, 0.4) is 0 Å². The lowest BCUT2D eigenvalue weighted by molar-refractivity contribution is -0.137. The van der Waals surface area contributed by atoms with Gasteiger partial charge in [-0.15, -0.1) is 0 Å². The van der Waals surface area contributed by atoms with Crippen molar-refractivity contribution < 1.29 is 4.79 Å². The van der Waals surface area contributed by atoms with E-state index in [9.17, 15) is 4.79 Å². The first-order valence-electron chi connectivity index (χ1n) is 7.99. The van der Waals surface area contributed by atoms with Crippen LogP contribution in [0.5, 0.6) is 0 Å². The fourth-order valence-corrected chi connectivity index (χ4v) is 3.06. The van der Waals surface area contributed by atoms with Crippen molar-refractivity contribution in [3.63, 3.8) is 0 Å². The molecule has 4 nitrogen and oxygen atoms in total. The number of hydrogen-bond acceptors (Lipinski definition) is 3. The third-order valence-electron chi connectivity index (χ3n) is 4.22. The lowest BCUT2D eigenvalue weighted by atomic mass is 9.85. The van der Waals surface area contributed by atoms with Crippen LogP contribution in [0.4, 0.5) is 0 Å². The van der Waals surface area contributed by atoms with E-state index in [4.69, 9.17) is 11.5 Å². The average Bonchev–Trinajstić information content (AvgIpc) is 2.51. The molecule has 0 heterocycles. The smallest absolute Gasteiger partial charge is 0.226 e. The van der Waals surface area contributed by atoms with Crippen molar-refractivity contribution in [2.45, 2.75) is 44.7 Å². The maximum Gasteiger partial charge on any atom is 0.226 e. The molecule has 1 fully saturated rings. The second-order valence-electron chi connectivity index (χ2n) is 6.01. The van der Waals surface area contributed by atoms with Gasteiger partial charge in [0.05, 0.1) is 0 Å². The maximum absolute atomic E-state index is 12.8. The molecule has 1 aliphatic rings. The molecule has 1 amide bonds. The number of benzene rings is 1. The molecule has 0 saturated heterocycles. The maximum atomic E-state index is 12.8. The molecule has 0 radical (unpaired) electrons. The fraction of sp³-hybridized carbons (Fsp3) is 0.588. The third kappa shape index (κ3) is 4.83. The van der Waals surface area contributed by atoms with Crippen molar-refractivity contribution in [3.8, 4) is 0 Å². The molecule has 21 heavy (non-hydrogen) atoms. The third-order valence-corrected chi connectivity index (χ3v) is 4.22. The van der Waals surface area contributed by atoms with Gasteiger partial charge in [-0.2, -0.15) is 0 Å². The number of nitrogens with two attached hydrogens (primary N) is 2. The first kappa shape index (κ1) is 16.0. The van der Waals surface area contributed by atoms with Crippen molar-refractivity contribution in [2.24, 2.45) is 17.4 Å². The standard InChI is InChI=1S/C17H27N3O/c18-10-5-11-20(13-14-6-2-1-3-7-14)17(21)15-8-4-9-16(19)12-15/h1-3,6-7,15-16H,4-5,8-13,18-19H2. The number of nitrogens with zero attached hydrogens (tertiary/aromatic N) is 1. The fourth-order valence-electron chi connectivity index (χ4n) is 3.06. The van der Waals surface area contributed by atoms with Gasteiger partial charge in [-0.05, 0) is 37.8 Å². The lowest BCUT2D eigenvalue weighted by Crippen LogP contribution is -2.41. The zero-order valence-corrected chi connectivity index (χ0v) is 12.7. The van der Waals surface area contributed by atoms with E-state index in [1.165, 1.54) is 5.56 Å². The Hall–Kier alpha value is -1.39. The largest absolute Gasteiger partial charge is 0.338 e. The van der Waals surface area contributed by atoms with E-state index in [0.29, 0.717) is 13.1 Å². The predicted molar refractivity (Wildman–Crippen MR) is 85.5 cm³/mol. The van der Waals surface area contributed by atoms with E-state index in [2.05, 4.69) is 12.1 Å². The summed E-state index contributed by atoms with van der Waals surface area (Å²) in [5.74, 6) is 0.345. The van der Waals surface area contributed by atoms with Crippen LogP contribution in [0.1, 0.15) is 37.7 Å². The van der Waals surface area contributed by atoms with Gasteiger partial charge in [-0.1, -0.05) is 36.8 Å². The van der Waals surface area contributed by atoms with Gasteiger partial charge in [-0.25, -0.2) is 0 Å². The van der Waals surface area contributed by atoms with Gasteiger partial charge >= 0.3 is 0 Å². The first-order valence-corrected chi connectivity index (χ1v) is 7.99. The van der Waals surface area contributed by atoms with E-state index < -0.39 is 0 Å². The molecule has 4 heteroatoms. The molecular formula is C17H27N3O. The second-order valence-corrected chi connectivity index (χ2v) is 6.01. The first-order chi connectivity index (χ1) is 10.2.